The van der Waals surface area contributed by atoms with Crippen LogP contribution in [0, 0.1) is 18.3 Å². The van der Waals surface area contributed by atoms with Crippen LogP contribution in [0.5, 0.6) is 0 Å². The molecular weight excluding hydrogens is 394 g/mol. The molecule has 32 heavy (non-hydrogen) atoms. The van der Waals surface area contributed by atoms with Gasteiger partial charge < -0.3 is 9.64 Å². The molecule has 0 fully saturated rings. The van der Waals surface area contributed by atoms with E-state index in [-0.39, 0.29) is 11.3 Å². The smallest absolute Gasteiger partial charge is 0.223 e. The molecule has 0 aliphatic rings. The third kappa shape index (κ3) is 7.40. The van der Waals surface area contributed by atoms with Gasteiger partial charge in [-0.05, 0) is 59.1 Å². The number of allylic oxidation sites excluding steroid dienone is 1. The van der Waals surface area contributed by atoms with Crippen LogP contribution in [0.4, 0.5) is 0 Å². The Balaban J connectivity index is 2.37. The fourth-order valence-corrected chi connectivity index (χ4v) is 3.43. The zero-order chi connectivity index (χ0) is 23.9. The first kappa shape index (κ1) is 25.5. The first-order valence-corrected chi connectivity index (χ1v) is 11.5. The van der Waals surface area contributed by atoms with E-state index >= 15 is 0 Å². The zero-order valence-electron chi connectivity index (χ0n) is 20.9. The topological polar surface area (TPSA) is 29.5 Å². The molecule has 1 amide bonds. The van der Waals surface area contributed by atoms with Crippen molar-refractivity contribution in [2.75, 3.05) is 7.05 Å². The number of benzene rings is 2. The SMILES string of the molecule is C=C(O/C=C\C(C)CC)c1ccc(-c2ccccc2C)c(CN(C)C(=O)CC(C)(C)C)c1. The van der Waals surface area contributed by atoms with Crippen LogP contribution in [-0.2, 0) is 16.1 Å². The van der Waals surface area contributed by atoms with Gasteiger partial charge >= 0.3 is 0 Å². The molecule has 0 aliphatic heterocycles. The molecule has 0 heterocycles. The highest BCUT2D eigenvalue weighted by Crippen LogP contribution is 2.31. The van der Waals surface area contributed by atoms with Crippen LogP contribution in [0.2, 0.25) is 0 Å². The van der Waals surface area contributed by atoms with Crippen LogP contribution in [-0.4, -0.2) is 17.9 Å². The number of amides is 1. The summed E-state index contributed by atoms with van der Waals surface area (Å²) in [6, 6.07) is 14.6. The molecule has 0 saturated heterocycles. The second kappa shape index (κ2) is 11.2. The zero-order valence-corrected chi connectivity index (χ0v) is 20.9. The molecule has 2 aromatic carbocycles. The van der Waals surface area contributed by atoms with Crippen LogP contribution >= 0.6 is 0 Å². The number of carbonyl (C=O) groups is 1. The molecular formula is C29H39NO2. The van der Waals surface area contributed by atoms with Gasteiger partial charge in [0.2, 0.25) is 5.91 Å². The second-order valence-electron chi connectivity index (χ2n) is 9.93. The molecule has 1 unspecified atom stereocenters. The Labute approximate surface area is 194 Å². The summed E-state index contributed by atoms with van der Waals surface area (Å²) in [5, 5.41) is 0. The second-order valence-corrected chi connectivity index (χ2v) is 9.93. The highest BCUT2D eigenvalue weighted by atomic mass is 16.5. The minimum absolute atomic E-state index is 0.0455. The van der Waals surface area contributed by atoms with Crippen LogP contribution in [0.25, 0.3) is 16.9 Å². The quantitative estimate of drug-likeness (QED) is 0.381. The summed E-state index contributed by atoms with van der Waals surface area (Å²) < 4.78 is 5.79. The highest BCUT2D eigenvalue weighted by molar-refractivity contribution is 5.78. The van der Waals surface area contributed by atoms with Crippen molar-refractivity contribution in [3.05, 3.63) is 78.1 Å². The Morgan fingerprint density at radius 2 is 1.84 bits per heavy atom. The van der Waals surface area contributed by atoms with Crippen LogP contribution < -0.4 is 0 Å². The Kier molecular flexibility index (Phi) is 8.89. The van der Waals surface area contributed by atoms with Crippen molar-refractivity contribution in [2.45, 2.75) is 60.9 Å². The molecule has 0 spiro atoms. The summed E-state index contributed by atoms with van der Waals surface area (Å²) >= 11 is 0. The number of carbonyl (C=O) groups excluding carboxylic acids is 1. The summed E-state index contributed by atoms with van der Waals surface area (Å²) in [6.45, 7) is 17.3. The molecule has 0 radical (unpaired) electrons. The van der Waals surface area contributed by atoms with Gasteiger partial charge in [0.15, 0.2) is 0 Å². The van der Waals surface area contributed by atoms with Crippen molar-refractivity contribution in [3.63, 3.8) is 0 Å². The molecule has 0 bridgehead atoms. The normalized spacial score (nSPS) is 12.6. The average molecular weight is 434 g/mol. The lowest BCUT2D eigenvalue weighted by Crippen LogP contribution is -2.29. The Morgan fingerprint density at radius 1 is 1.16 bits per heavy atom. The van der Waals surface area contributed by atoms with E-state index in [1.54, 1.807) is 6.26 Å². The van der Waals surface area contributed by atoms with E-state index in [0.29, 0.717) is 24.6 Å². The molecule has 0 aromatic heterocycles. The van der Waals surface area contributed by atoms with E-state index in [2.05, 4.69) is 78.5 Å². The molecule has 1 atom stereocenters. The first-order chi connectivity index (χ1) is 15.0. The van der Waals surface area contributed by atoms with E-state index in [4.69, 9.17) is 4.74 Å². The Hall–Kier alpha value is -2.81. The van der Waals surface area contributed by atoms with Gasteiger partial charge in [-0.25, -0.2) is 0 Å². The van der Waals surface area contributed by atoms with E-state index in [0.717, 1.165) is 23.1 Å². The van der Waals surface area contributed by atoms with E-state index < -0.39 is 0 Å². The van der Waals surface area contributed by atoms with E-state index in [1.807, 2.05) is 30.2 Å². The lowest BCUT2D eigenvalue weighted by Gasteiger charge is -2.25. The summed E-state index contributed by atoms with van der Waals surface area (Å²) in [5.41, 5.74) is 5.46. The van der Waals surface area contributed by atoms with Gasteiger partial charge in [-0.2, -0.15) is 0 Å². The lowest BCUT2D eigenvalue weighted by molar-refractivity contribution is -0.132. The summed E-state index contributed by atoms with van der Waals surface area (Å²) in [5.74, 6) is 1.21. The van der Waals surface area contributed by atoms with E-state index in [1.165, 1.54) is 11.1 Å². The maximum atomic E-state index is 12.8. The highest BCUT2D eigenvalue weighted by Gasteiger charge is 2.20. The lowest BCUT2D eigenvalue weighted by atomic mass is 9.91. The first-order valence-electron chi connectivity index (χ1n) is 11.5. The average Bonchev–Trinajstić information content (AvgIpc) is 2.72. The predicted octanol–water partition coefficient (Wildman–Crippen LogP) is 7.60. The summed E-state index contributed by atoms with van der Waals surface area (Å²) in [6.07, 6.45) is 5.35. The molecule has 0 saturated carbocycles. The third-order valence-corrected chi connectivity index (χ3v) is 5.64. The van der Waals surface area contributed by atoms with Gasteiger partial charge in [-0.1, -0.05) is 77.6 Å². The summed E-state index contributed by atoms with van der Waals surface area (Å²) in [7, 11) is 1.88. The van der Waals surface area contributed by atoms with Gasteiger partial charge in [0, 0.05) is 25.6 Å². The van der Waals surface area contributed by atoms with Crippen LogP contribution in [0.3, 0.4) is 0 Å². The van der Waals surface area contributed by atoms with Crippen LogP contribution in [0.1, 0.15) is 64.2 Å². The Bertz CT molecular complexity index is 965. The maximum Gasteiger partial charge on any atom is 0.223 e. The van der Waals surface area contributed by atoms with Gasteiger partial charge in [0.05, 0.1) is 6.26 Å². The van der Waals surface area contributed by atoms with Crippen molar-refractivity contribution in [3.8, 4) is 11.1 Å². The van der Waals surface area contributed by atoms with Gasteiger partial charge in [0.1, 0.15) is 5.76 Å². The number of hydrogen-bond acceptors (Lipinski definition) is 2. The molecule has 0 N–H and O–H groups in total. The van der Waals surface area contributed by atoms with Gasteiger partial charge in [-0.3, -0.25) is 4.79 Å². The molecule has 2 aromatic rings. The molecule has 3 nitrogen and oxygen atoms in total. The van der Waals surface area contributed by atoms with Crippen molar-refractivity contribution in [1.82, 2.24) is 4.90 Å². The number of ether oxygens (including phenoxy) is 1. The number of hydrogen-bond donors (Lipinski definition) is 0. The minimum Gasteiger partial charge on any atom is -0.465 e. The van der Waals surface area contributed by atoms with Crippen LogP contribution in [0.15, 0.2) is 61.4 Å². The van der Waals surface area contributed by atoms with Gasteiger partial charge in [-0.15, -0.1) is 0 Å². The third-order valence-electron chi connectivity index (χ3n) is 5.64. The Morgan fingerprint density at radius 3 is 2.47 bits per heavy atom. The number of nitrogens with zero attached hydrogens (tertiary/aromatic N) is 1. The fourth-order valence-electron chi connectivity index (χ4n) is 3.43. The molecule has 3 heteroatoms. The largest absolute Gasteiger partial charge is 0.465 e. The van der Waals surface area contributed by atoms with Crippen molar-refractivity contribution in [1.29, 1.82) is 0 Å². The van der Waals surface area contributed by atoms with Gasteiger partial charge in [0.25, 0.3) is 0 Å². The molecule has 172 valence electrons. The van der Waals surface area contributed by atoms with Crippen molar-refractivity contribution < 1.29 is 9.53 Å². The van der Waals surface area contributed by atoms with Crippen molar-refractivity contribution in [2.24, 2.45) is 11.3 Å². The number of rotatable bonds is 9. The number of aryl methyl sites for hydroxylation is 1. The minimum atomic E-state index is -0.0455. The summed E-state index contributed by atoms with van der Waals surface area (Å²) in [4.78, 5) is 14.6. The van der Waals surface area contributed by atoms with E-state index in [9.17, 15) is 4.79 Å². The van der Waals surface area contributed by atoms with Crippen molar-refractivity contribution >= 4 is 11.7 Å². The predicted molar refractivity (Wildman–Crippen MR) is 136 cm³/mol. The molecule has 2 rings (SSSR count). The standard InChI is InChI=1S/C29H39NO2/c1-9-21(2)16-17-32-23(4)24-14-15-27(26-13-11-10-12-22(26)3)25(18-24)20-30(8)28(31)19-29(5,6)7/h10-18,21H,4,9,19-20H2,1-3,5-8H3/b17-16-. The monoisotopic (exact) mass is 433 g/mol. The fraction of sp³-hybridized carbons (Fsp3) is 0.414. The molecule has 0 aliphatic carbocycles. The maximum absolute atomic E-state index is 12.8.